The van der Waals surface area contributed by atoms with Gasteiger partial charge in [-0.25, -0.2) is 13.3 Å². The van der Waals surface area contributed by atoms with Gasteiger partial charge < -0.3 is 20.3 Å². The topological polar surface area (TPSA) is 132 Å². The Labute approximate surface area is 252 Å². The summed E-state index contributed by atoms with van der Waals surface area (Å²) in [5.41, 5.74) is 3.47. The van der Waals surface area contributed by atoms with Gasteiger partial charge in [-0.05, 0) is 81.5 Å². The van der Waals surface area contributed by atoms with Gasteiger partial charge in [0.15, 0.2) is 0 Å². The van der Waals surface area contributed by atoms with E-state index >= 15 is 0 Å². The Morgan fingerprint density at radius 3 is 2.45 bits per heavy atom. The molecule has 4 heterocycles. The fraction of sp³-hybridized carbons (Fsp3) is 0.500. The van der Waals surface area contributed by atoms with Gasteiger partial charge in [-0.15, -0.1) is 0 Å². The van der Waals surface area contributed by atoms with Crippen molar-refractivity contribution >= 4 is 28.8 Å². The highest BCUT2D eigenvalue weighted by molar-refractivity contribution is 6.00. The standard InChI is InChI=1S/C32H33F2N7O3/c1-19(42)10-30-14-31(15-30,16-30)39-25-9-26(27-7-6-23-8-20(11-35)12-37-41(23)27)36-13-24(25)28(43)38-22-4-2-21(3-5-22)29(44)40-17-32(33,34)18-40/h6-9,12-13,21-22H,2-5,10,14-18H2,1H3,(H,36,39)(H,38,43). The van der Waals surface area contributed by atoms with E-state index in [9.17, 15) is 28.4 Å². The quantitative estimate of drug-likeness (QED) is 0.392. The maximum absolute atomic E-state index is 13.6. The number of alkyl halides is 2. The van der Waals surface area contributed by atoms with E-state index in [1.54, 1.807) is 23.7 Å². The van der Waals surface area contributed by atoms with Crippen molar-refractivity contribution in [2.75, 3.05) is 18.4 Å². The van der Waals surface area contributed by atoms with E-state index < -0.39 is 19.0 Å². The van der Waals surface area contributed by atoms with Crippen molar-refractivity contribution in [1.82, 2.24) is 24.8 Å². The molecule has 8 rings (SSSR count). The first-order valence-electron chi connectivity index (χ1n) is 15.1. The van der Waals surface area contributed by atoms with E-state index in [2.05, 4.69) is 26.8 Å². The molecule has 2 N–H and O–H groups in total. The lowest BCUT2D eigenvalue weighted by Crippen LogP contribution is -2.71. The fourth-order valence-electron chi connectivity index (χ4n) is 7.94. The Kier molecular flexibility index (Phi) is 6.50. The van der Waals surface area contributed by atoms with Crippen LogP contribution in [0, 0.1) is 22.7 Å². The molecule has 4 aliphatic carbocycles. The number of fused-ring (bicyclic) bond motifs is 1. The third-order valence-corrected chi connectivity index (χ3v) is 9.77. The average molecular weight is 602 g/mol. The summed E-state index contributed by atoms with van der Waals surface area (Å²) in [7, 11) is 0. The van der Waals surface area contributed by atoms with E-state index in [-0.39, 0.29) is 40.5 Å². The zero-order chi connectivity index (χ0) is 30.9. The van der Waals surface area contributed by atoms with Crippen molar-refractivity contribution in [3.8, 4) is 17.5 Å². The van der Waals surface area contributed by atoms with Gasteiger partial charge >= 0.3 is 0 Å². The van der Waals surface area contributed by atoms with Crippen LogP contribution < -0.4 is 10.6 Å². The number of rotatable bonds is 8. The summed E-state index contributed by atoms with van der Waals surface area (Å²) in [5.74, 6) is -3.38. The Morgan fingerprint density at radius 2 is 1.80 bits per heavy atom. The molecule has 44 heavy (non-hydrogen) atoms. The Bertz CT molecular complexity index is 1710. The molecule has 3 aromatic heterocycles. The van der Waals surface area contributed by atoms with Crippen LogP contribution in [-0.2, 0) is 9.59 Å². The molecule has 228 valence electrons. The summed E-state index contributed by atoms with van der Waals surface area (Å²) in [6.07, 6.45) is 8.48. The van der Waals surface area contributed by atoms with Crippen molar-refractivity contribution in [1.29, 1.82) is 5.26 Å². The molecule has 12 heteroatoms. The first-order chi connectivity index (χ1) is 21.0. The molecule has 0 spiro atoms. The normalized spacial score (nSPS) is 28.2. The summed E-state index contributed by atoms with van der Waals surface area (Å²) in [5, 5.41) is 20.4. The lowest BCUT2D eigenvalue weighted by Gasteiger charge is -2.71. The van der Waals surface area contributed by atoms with Crippen LogP contribution in [0.15, 0.2) is 36.7 Å². The number of carbonyl (C=O) groups is 3. The van der Waals surface area contributed by atoms with E-state index in [1.807, 2.05) is 18.2 Å². The molecular formula is C32H33F2N7O3. The van der Waals surface area contributed by atoms with Gasteiger partial charge in [-0.1, -0.05) is 0 Å². The third kappa shape index (κ3) is 4.98. The SMILES string of the molecule is CC(=O)CC12CC(Nc3cc(-c4ccc5cc(C#N)cnn45)ncc3C(=O)NC3CCC(C(=O)N4CC(F)(F)C4)CC3)(C1)C2. The Morgan fingerprint density at radius 1 is 1.07 bits per heavy atom. The summed E-state index contributed by atoms with van der Waals surface area (Å²) in [6, 6.07) is 9.29. The molecule has 0 aromatic carbocycles. The second-order valence-corrected chi connectivity index (χ2v) is 13.4. The molecule has 0 radical (unpaired) electrons. The molecule has 3 aromatic rings. The monoisotopic (exact) mass is 601 g/mol. The molecule has 2 amide bonds. The highest BCUT2D eigenvalue weighted by atomic mass is 19.3. The molecule has 1 aliphatic heterocycles. The predicted octanol–water partition coefficient (Wildman–Crippen LogP) is 4.35. The Hall–Kier alpha value is -4.40. The molecule has 2 bridgehead atoms. The minimum absolute atomic E-state index is 0.0548. The second kappa shape index (κ2) is 10.1. The number of nitrogens with one attached hydrogen (secondary N) is 2. The van der Waals surface area contributed by atoms with Gasteiger partial charge in [0.25, 0.3) is 11.8 Å². The first kappa shape index (κ1) is 28.4. The molecule has 5 aliphatic rings. The van der Waals surface area contributed by atoms with Crippen LogP contribution in [0.4, 0.5) is 14.5 Å². The van der Waals surface area contributed by atoms with E-state index in [4.69, 9.17) is 0 Å². The summed E-state index contributed by atoms with van der Waals surface area (Å²) in [4.78, 5) is 43.9. The zero-order valence-electron chi connectivity index (χ0n) is 24.4. The minimum Gasteiger partial charge on any atom is -0.379 e. The number of anilines is 1. The molecule has 0 atom stereocenters. The van der Waals surface area contributed by atoms with Gasteiger partial charge in [0.2, 0.25) is 5.91 Å². The smallest absolute Gasteiger partial charge is 0.282 e. The molecular weight excluding hydrogens is 568 g/mol. The zero-order valence-corrected chi connectivity index (χ0v) is 24.4. The van der Waals surface area contributed by atoms with E-state index in [0.717, 1.165) is 24.8 Å². The number of ketones is 1. The lowest BCUT2D eigenvalue weighted by molar-refractivity contribution is -0.170. The number of carbonyl (C=O) groups excluding carboxylic acids is 3. The number of nitriles is 1. The maximum atomic E-state index is 13.6. The number of likely N-dealkylation sites (tertiary alicyclic amines) is 1. The van der Waals surface area contributed by atoms with Crippen molar-refractivity contribution in [3.63, 3.8) is 0 Å². The van der Waals surface area contributed by atoms with Crippen LogP contribution in [0.3, 0.4) is 0 Å². The molecule has 0 unspecified atom stereocenters. The van der Waals surface area contributed by atoms with Crippen LogP contribution in [0.25, 0.3) is 16.9 Å². The summed E-state index contributed by atoms with van der Waals surface area (Å²) < 4.78 is 28.2. The van der Waals surface area contributed by atoms with Gasteiger partial charge in [-0.2, -0.15) is 10.4 Å². The Balaban J connectivity index is 1.08. The van der Waals surface area contributed by atoms with Crippen LogP contribution in [0.1, 0.15) is 74.2 Å². The predicted molar refractivity (Wildman–Crippen MR) is 156 cm³/mol. The van der Waals surface area contributed by atoms with Crippen molar-refractivity contribution in [2.24, 2.45) is 11.3 Å². The van der Waals surface area contributed by atoms with Crippen LogP contribution in [0.2, 0.25) is 0 Å². The molecule has 5 fully saturated rings. The number of halogens is 2. The van der Waals surface area contributed by atoms with Gasteiger partial charge in [-0.3, -0.25) is 14.6 Å². The minimum atomic E-state index is -2.78. The van der Waals surface area contributed by atoms with Gasteiger partial charge in [0.05, 0.1) is 53.0 Å². The van der Waals surface area contributed by atoms with Crippen LogP contribution >= 0.6 is 0 Å². The summed E-state index contributed by atoms with van der Waals surface area (Å²) >= 11 is 0. The number of aromatic nitrogens is 3. The third-order valence-electron chi connectivity index (χ3n) is 9.77. The maximum Gasteiger partial charge on any atom is 0.282 e. The van der Waals surface area contributed by atoms with Crippen molar-refractivity contribution in [2.45, 2.75) is 75.8 Å². The number of Topliss-reactive ketones (excluding diaryl/α,β-unsaturated/α-hetero) is 1. The van der Waals surface area contributed by atoms with Gasteiger partial charge in [0.1, 0.15) is 11.9 Å². The number of pyridine rings is 1. The highest BCUT2D eigenvalue weighted by Gasteiger charge is 2.68. The fourth-order valence-corrected chi connectivity index (χ4v) is 7.94. The van der Waals surface area contributed by atoms with Gasteiger partial charge in [0, 0.05) is 30.1 Å². The van der Waals surface area contributed by atoms with E-state index in [1.165, 1.54) is 11.1 Å². The van der Waals surface area contributed by atoms with Crippen LogP contribution in [-0.4, -0.2) is 67.7 Å². The van der Waals surface area contributed by atoms with Crippen molar-refractivity contribution < 1.29 is 23.2 Å². The number of nitrogens with zero attached hydrogens (tertiary/aromatic N) is 5. The van der Waals surface area contributed by atoms with Crippen LogP contribution in [0.5, 0.6) is 0 Å². The number of hydrogen-bond acceptors (Lipinski definition) is 7. The molecule has 10 nitrogen and oxygen atoms in total. The van der Waals surface area contributed by atoms with E-state index in [0.29, 0.717) is 60.3 Å². The first-order valence-corrected chi connectivity index (χ1v) is 15.1. The highest BCUT2D eigenvalue weighted by Crippen LogP contribution is 2.70. The molecule has 4 saturated carbocycles. The number of amides is 2. The van der Waals surface area contributed by atoms with Crippen molar-refractivity contribution in [3.05, 3.63) is 47.8 Å². The average Bonchev–Trinajstić information content (AvgIpc) is 3.37. The number of hydrogen-bond donors (Lipinski definition) is 2. The lowest BCUT2D eigenvalue weighted by atomic mass is 9.38. The summed E-state index contributed by atoms with van der Waals surface area (Å²) in [6.45, 7) is 0.615. The largest absolute Gasteiger partial charge is 0.379 e. The second-order valence-electron chi connectivity index (χ2n) is 13.4. The molecule has 1 saturated heterocycles.